The fraction of sp³-hybridized carbons (Fsp3) is 0.600. The molecule has 0 bridgehead atoms. The molecule has 3 N–H and O–H groups in total. The fourth-order valence-electron chi connectivity index (χ4n) is 3.59. The number of aliphatic hydroxyl groups excluding tert-OH is 1. The zero-order chi connectivity index (χ0) is 18.1. The van der Waals surface area contributed by atoms with Crippen molar-refractivity contribution in [3.05, 3.63) is 35.9 Å². The van der Waals surface area contributed by atoms with Gasteiger partial charge in [0.05, 0.1) is 0 Å². The molecule has 1 saturated carbocycles. The first-order chi connectivity index (χ1) is 12.1. The van der Waals surface area contributed by atoms with E-state index in [1.54, 1.807) is 12.1 Å². The monoisotopic (exact) mass is 346 g/mol. The Morgan fingerprint density at radius 3 is 2.44 bits per heavy atom. The van der Waals surface area contributed by atoms with Gasteiger partial charge in [0.2, 0.25) is 5.91 Å². The number of benzene rings is 1. The first-order valence-corrected chi connectivity index (χ1v) is 9.36. The van der Waals surface area contributed by atoms with Crippen LogP contribution in [-0.4, -0.2) is 35.6 Å². The van der Waals surface area contributed by atoms with Crippen molar-refractivity contribution in [1.29, 1.82) is 0 Å². The van der Waals surface area contributed by atoms with Gasteiger partial charge < -0.3 is 15.7 Å². The van der Waals surface area contributed by atoms with Crippen LogP contribution in [0.15, 0.2) is 30.3 Å². The van der Waals surface area contributed by atoms with Crippen LogP contribution in [0, 0.1) is 5.92 Å². The largest absolute Gasteiger partial charge is 0.396 e. The normalized spacial score (nSPS) is 17.5. The molecule has 1 fully saturated rings. The minimum absolute atomic E-state index is 0.0369. The summed E-state index contributed by atoms with van der Waals surface area (Å²) in [5, 5.41) is 15.2. The van der Waals surface area contributed by atoms with E-state index in [-0.39, 0.29) is 36.9 Å². The van der Waals surface area contributed by atoms with Gasteiger partial charge in [-0.3, -0.25) is 9.59 Å². The van der Waals surface area contributed by atoms with Crippen molar-refractivity contribution >= 4 is 11.8 Å². The van der Waals surface area contributed by atoms with Gasteiger partial charge in [-0.15, -0.1) is 0 Å². The summed E-state index contributed by atoms with van der Waals surface area (Å²) in [7, 11) is 0. The number of aliphatic hydroxyl groups is 1. The highest BCUT2D eigenvalue weighted by atomic mass is 16.3. The second-order valence-electron chi connectivity index (χ2n) is 7.03. The van der Waals surface area contributed by atoms with Crippen molar-refractivity contribution in [3.8, 4) is 0 Å². The number of rotatable bonds is 8. The lowest BCUT2D eigenvalue weighted by Gasteiger charge is -2.31. The van der Waals surface area contributed by atoms with Crippen LogP contribution in [0.1, 0.15) is 62.2 Å². The van der Waals surface area contributed by atoms with Crippen molar-refractivity contribution in [1.82, 2.24) is 10.6 Å². The number of hydrogen-bond acceptors (Lipinski definition) is 3. The summed E-state index contributed by atoms with van der Waals surface area (Å²) < 4.78 is 0. The number of amides is 2. The number of hydrogen-bond donors (Lipinski definition) is 3. The third-order valence-corrected chi connectivity index (χ3v) is 4.91. The van der Waals surface area contributed by atoms with Crippen molar-refractivity contribution in [2.24, 2.45) is 5.92 Å². The summed E-state index contributed by atoms with van der Waals surface area (Å²) in [6, 6.07) is 8.79. The van der Waals surface area contributed by atoms with E-state index in [9.17, 15) is 14.7 Å². The lowest BCUT2D eigenvalue weighted by atomic mass is 9.82. The Hall–Kier alpha value is -1.88. The quantitative estimate of drug-likeness (QED) is 0.677. The highest BCUT2D eigenvalue weighted by molar-refractivity contribution is 5.94. The van der Waals surface area contributed by atoms with Crippen molar-refractivity contribution < 1.29 is 14.7 Å². The SMILES string of the molecule is CC(CC(=O)NC(CCO)C1CCCCC1)NC(=O)c1ccccc1. The van der Waals surface area contributed by atoms with Crippen LogP contribution in [0.3, 0.4) is 0 Å². The molecule has 0 spiro atoms. The molecule has 5 nitrogen and oxygen atoms in total. The van der Waals surface area contributed by atoms with E-state index in [1.165, 1.54) is 19.3 Å². The van der Waals surface area contributed by atoms with E-state index < -0.39 is 0 Å². The summed E-state index contributed by atoms with van der Waals surface area (Å²) >= 11 is 0. The molecule has 0 aliphatic heterocycles. The zero-order valence-electron chi connectivity index (χ0n) is 15.0. The molecule has 138 valence electrons. The first kappa shape index (κ1) is 19.4. The lowest BCUT2D eigenvalue weighted by molar-refractivity contribution is -0.122. The number of carbonyl (C=O) groups is 2. The molecular formula is C20H30N2O3. The van der Waals surface area contributed by atoms with Gasteiger partial charge in [0.1, 0.15) is 0 Å². The van der Waals surface area contributed by atoms with Gasteiger partial charge in [-0.05, 0) is 44.2 Å². The molecule has 2 unspecified atom stereocenters. The van der Waals surface area contributed by atoms with E-state index in [0.29, 0.717) is 17.9 Å². The van der Waals surface area contributed by atoms with Crippen LogP contribution in [0.25, 0.3) is 0 Å². The first-order valence-electron chi connectivity index (χ1n) is 9.36. The maximum Gasteiger partial charge on any atom is 0.251 e. The molecule has 1 aliphatic carbocycles. The molecular weight excluding hydrogens is 316 g/mol. The standard InChI is InChI=1S/C20H30N2O3/c1-15(21-20(25)17-10-6-3-7-11-17)14-19(24)22-18(12-13-23)16-8-4-2-5-9-16/h3,6-7,10-11,15-16,18,23H,2,4-5,8-9,12-14H2,1H3,(H,21,25)(H,22,24). The second-order valence-corrected chi connectivity index (χ2v) is 7.03. The molecule has 1 aromatic carbocycles. The van der Waals surface area contributed by atoms with Crippen molar-refractivity contribution in [3.63, 3.8) is 0 Å². The van der Waals surface area contributed by atoms with Gasteiger partial charge in [0.15, 0.2) is 0 Å². The molecule has 2 rings (SSSR count). The Morgan fingerprint density at radius 1 is 1.12 bits per heavy atom. The minimum atomic E-state index is -0.242. The van der Waals surface area contributed by atoms with Crippen LogP contribution < -0.4 is 10.6 Å². The zero-order valence-corrected chi connectivity index (χ0v) is 15.0. The van der Waals surface area contributed by atoms with E-state index in [0.717, 1.165) is 12.8 Å². The van der Waals surface area contributed by atoms with E-state index >= 15 is 0 Å². The summed E-state index contributed by atoms with van der Waals surface area (Å²) in [6.07, 6.45) is 6.74. The molecule has 0 heterocycles. The Morgan fingerprint density at radius 2 is 1.80 bits per heavy atom. The highest BCUT2D eigenvalue weighted by Crippen LogP contribution is 2.27. The molecule has 2 amide bonds. The topological polar surface area (TPSA) is 78.4 Å². The predicted octanol–water partition coefficient (Wildman–Crippen LogP) is 2.64. The highest BCUT2D eigenvalue weighted by Gasteiger charge is 2.25. The van der Waals surface area contributed by atoms with Crippen molar-refractivity contribution in [2.75, 3.05) is 6.61 Å². The number of carbonyl (C=O) groups excluding carboxylic acids is 2. The van der Waals surface area contributed by atoms with Crippen LogP contribution in [0.5, 0.6) is 0 Å². The molecule has 0 aromatic heterocycles. The maximum atomic E-state index is 12.4. The molecule has 2 atom stereocenters. The van der Waals surface area contributed by atoms with Gasteiger partial charge in [-0.25, -0.2) is 0 Å². The van der Waals surface area contributed by atoms with Crippen LogP contribution in [-0.2, 0) is 4.79 Å². The van der Waals surface area contributed by atoms with Gasteiger partial charge in [0, 0.05) is 30.7 Å². The smallest absolute Gasteiger partial charge is 0.251 e. The van der Waals surface area contributed by atoms with Crippen LogP contribution >= 0.6 is 0 Å². The van der Waals surface area contributed by atoms with Gasteiger partial charge in [0.25, 0.3) is 5.91 Å². The fourth-order valence-corrected chi connectivity index (χ4v) is 3.59. The molecule has 1 aromatic rings. The van der Waals surface area contributed by atoms with E-state index in [2.05, 4.69) is 10.6 Å². The van der Waals surface area contributed by atoms with Crippen molar-refractivity contribution in [2.45, 2.75) is 64.0 Å². The molecule has 25 heavy (non-hydrogen) atoms. The molecule has 1 aliphatic rings. The minimum Gasteiger partial charge on any atom is -0.396 e. The Kier molecular flexibility index (Phi) is 7.92. The molecule has 5 heteroatoms. The number of nitrogens with one attached hydrogen (secondary N) is 2. The summed E-state index contributed by atoms with van der Waals surface area (Å²) in [5.74, 6) is 0.226. The van der Waals surface area contributed by atoms with Gasteiger partial charge in [-0.2, -0.15) is 0 Å². The van der Waals surface area contributed by atoms with Crippen LogP contribution in [0.2, 0.25) is 0 Å². The lowest BCUT2D eigenvalue weighted by Crippen LogP contribution is -2.44. The van der Waals surface area contributed by atoms with Gasteiger partial charge in [-0.1, -0.05) is 37.5 Å². The average Bonchev–Trinajstić information content (AvgIpc) is 2.62. The second kappa shape index (κ2) is 10.2. The Labute approximate surface area is 150 Å². The summed E-state index contributed by atoms with van der Waals surface area (Å²) in [5.41, 5.74) is 0.593. The maximum absolute atomic E-state index is 12.4. The van der Waals surface area contributed by atoms with E-state index in [1.807, 2.05) is 25.1 Å². The van der Waals surface area contributed by atoms with Crippen LogP contribution in [0.4, 0.5) is 0 Å². The summed E-state index contributed by atoms with van der Waals surface area (Å²) in [6.45, 7) is 1.92. The molecule has 0 saturated heterocycles. The Bertz CT molecular complexity index is 541. The summed E-state index contributed by atoms with van der Waals surface area (Å²) in [4.78, 5) is 24.5. The van der Waals surface area contributed by atoms with E-state index in [4.69, 9.17) is 0 Å². The predicted molar refractivity (Wildman–Crippen MR) is 98.2 cm³/mol. The van der Waals surface area contributed by atoms with Gasteiger partial charge >= 0.3 is 0 Å². The average molecular weight is 346 g/mol. The molecule has 0 radical (unpaired) electrons. The third kappa shape index (κ3) is 6.50. The third-order valence-electron chi connectivity index (χ3n) is 4.91. The Balaban J connectivity index is 1.81.